The van der Waals surface area contributed by atoms with E-state index in [0.29, 0.717) is 6.42 Å². The highest BCUT2D eigenvalue weighted by atomic mass is 16.3. The Morgan fingerprint density at radius 2 is 1.72 bits per heavy atom. The summed E-state index contributed by atoms with van der Waals surface area (Å²) in [5, 5.41) is 18.3. The number of carbonyl (C=O) groups is 1. The number of amides is 1. The number of aliphatic hydroxyl groups is 2. The number of unbranched alkanes of at least 4 members (excludes halogenated alkanes) is 1. The zero-order valence-corrected chi connectivity index (χ0v) is 11.5. The molecule has 0 spiro atoms. The van der Waals surface area contributed by atoms with Gasteiger partial charge in [-0.05, 0) is 32.1 Å². The topological polar surface area (TPSA) is 60.8 Å². The van der Waals surface area contributed by atoms with Crippen LogP contribution in [-0.2, 0) is 4.79 Å². The van der Waals surface area contributed by atoms with E-state index in [1.165, 1.54) is 6.42 Å². The summed E-state index contributed by atoms with van der Waals surface area (Å²) in [6, 6.07) is 0. The third kappa shape index (κ3) is 4.94. The fourth-order valence-electron chi connectivity index (χ4n) is 2.34. The maximum Gasteiger partial charge on any atom is 0.222 e. The first-order valence-electron chi connectivity index (χ1n) is 7.11. The van der Waals surface area contributed by atoms with Gasteiger partial charge in [-0.25, -0.2) is 0 Å². The van der Waals surface area contributed by atoms with Crippen LogP contribution in [0.1, 0.15) is 51.9 Å². The molecular formula is C14H27NO3. The Labute approximate surface area is 110 Å². The second-order valence-corrected chi connectivity index (χ2v) is 5.78. The Balaban J connectivity index is 2.15. The van der Waals surface area contributed by atoms with Crippen LogP contribution in [0, 0.1) is 5.41 Å². The van der Waals surface area contributed by atoms with Gasteiger partial charge < -0.3 is 15.1 Å². The third-order valence-electron chi connectivity index (χ3n) is 3.89. The number of piperidine rings is 1. The van der Waals surface area contributed by atoms with Crippen molar-refractivity contribution in [3.63, 3.8) is 0 Å². The SMILES string of the molecule is CC(CO)(CO)CCCCC(=O)N1CCCCC1. The molecule has 1 fully saturated rings. The van der Waals surface area contributed by atoms with E-state index in [9.17, 15) is 4.79 Å². The summed E-state index contributed by atoms with van der Waals surface area (Å²) < 4.78 is 0. The van der Waals surface area contributed by atoms with Gasteiger partial charge >= 0.3 is 0 Å². The minimum Gasteiger partial charge on any atom is -0.396 e. The number of hydrogen-bond acceptors (Lipinski definition) is 3. The highest BCUT2D eigenvalue weighted by Gasteiger charge is 2.22. The van der Waals surface area contributed by atoms with Gasteiger partial charge in [0.25, 0.3) is 0 Å². The van der Waals surface area contributed by atoms with E-state index in [0.717, 1.165) is 45.2 Å². The van der Waals surface area contributed by atoms with E-state index >= 15 is 0 Å². The first-order valence-corrected chi connectivity index (χ1v) is 7.11. The van der Waals surface area contributed by atoms with Crippen LogP contribution in [0.15, 0.2) is 0 Å². The molecular weight excluding hydrogens is 230 g/mol. The lowest BCUT2D eigenvalue weighted by Crippen LogP contribution is -2.35. The van der Waals surface area contributed by atoms with E-state index in [4.69, 9.17) is 10.2 Å². The number of carbonyl (C=O) groups excluding carboxylic acids is 1. The lowest BCUT2D eigenvalue weighted by Gasteiger charge is -2.27. The summed E-state index contributed by atoms with van der Waals surface area (Å²) in [4.78, 5) is 13.9. The van der Waals surface area contributed by atoms with Crippen molar-refractivity contribution in [2.45, 2.75) is 51.9 Å². The number of likely N-dealkylation sites (tertiary alicyclic amines) is 1. The largest absolute Gasteiger partial charge is 0.396 e. The maximum absolute atomic E-state index is 11.9. The van der Waals surface area contributed by atoms with Crippen LogP contribution in [0.2, 0.25) is 0 Å². The normalized spacial score (nSPS) is 16.9. The van der Waals surface area contributed by atoms with Crippen molar-refractivity contribution in [3.05, 3.63) is 0 Å². The van der Waals surface area contributed by atoms with E-state index in [2.05, 4.69) is 0 Å². The minimum atomic E-state index is -0.395. The molecule has 4 nitrogen and oxygen atoms in total. The van der Waals surface area contributed by atoms with Gasteiger partial charge in [-0.2, -0.15) is 0 Å². The predicted octanol–water partition coefficient (Wildman–Crippen LogP) is 1.55. The van der Waals surface area contributed by atoms with Crippen molar-refractivity contribution in [1.82, 2.24) is 4.90 Å². The molecule has 0 aromatic rings. The first kappa shape index (κ1) is 15.4. The second kappa shape index (κ2) is 7.74. The van der Waals surface area contributed by atoms with Crippen LogP contribution in [0.3, 0.4) is 0 Å². The van der Waals surface area contributed by atoms with Crippen LogP contribution in [-0.4, -0.2) is 47.3 Å². The highest BCUT2D eigenvalue weighted by Crippen LogP contribution is 2.23. The van der Waals surface area contributed by atoms with Crippen molar-refractivity contribution in [1.29, 1.82) is 0 Å². The molecule has 1 aliphatic rings. The van der Waals surface area contributed by atoms with Crippen LogP contribution < -0.4 is 0 Å². The molecule has 4 heteroatoms. The van der Waals surface area contributed by atoms with Crippen LogP contribution in [0.5, 0.6) is 0 Å². The number of rotatable bonds is 7. The molecule has 1 rings (SSSR count). The van der Waals surface area contributed by atoms with Gasteiger partial charge in [-0.15, -0.1) is 0 Å². The smallest absolute Gasteiger partial charge is 0.222 e. The molecule has 1 heterocycles. The molecule has 0 atom stereocenters. The van der Waals surface area contributed by atoms with Gasteiger partial charge in [-0.3, -0.25) is 4.79 Å². The fourth-order valence-corrected chi connectivity index (χ4v) is 2.34. The molecule has 2 N–H and O–H groups in total. The molecule has 0 bridgehead atoms. The Morgan fingerprint density at radius 1 is 1.11 bits per heavy atom. The minimum absolute atomic E-state index is 0.00354. The number of nitrogens with zero attached hydrogens (tertiary/aromatic N) is 1. The Morgan fingerprint density at radius 3 is 2.28 bits per heavy atom. The Bertz CT molecular complexity index is 245. The standard InChI is InChI=1S/C14H27NO3/c1-14(11-16,12-17)8-4-3-7-13(18)15-9-5-2-6-10-15/h16-17H,2-12H2,1H3. The second-order valence-electron chi connectivity index (χ2n) is 5.78. The van der Waals surface area contributed by atoms with Crippen molar-refractivity contribution >= 4 is 5.91 Å². The molecule has 18 heavy (non-hydrogen) atoms. The van der Waals surface area contributed by atoms with E-state index < -0.39 is 5.41 Å². The van der Waals surface area contributed by atoms with Gasteiger partial charge in [0.1, 0.15) is 0 Å². The lowest BCUT2D eigenvalue weighted by molar-refractivity contribution is -0.132. The molecule has 1 aliphatic heterocycles. The average molecular weight is 257 g/mol. The van der Waals surface area contributed by atoms with Gasteiger partial charge in [-0.1, -0.05) is 13.3 Å². The molecule has 1 saturated heterocycles. The summed E-state index contributed by atoms with van der Waals surface area (Å²) in [6.07, 6.45) is 6.63. The average Bonchev–Trinajstić information content (AvgIpc) is 2.44. The van der Waals surface area contributed by atoms with E-state index in [1.54, 1.807) is 0 Å². The van der Waals surface area contributed by atoms with Crippen molar-refractivity contribution in [2.75, 3.05) is 26.3 Å². The van der Waals surface area contributed by atoms with Crippen LogP contribution in [0.25, 0.3) is 0 Å². The van der Waals surface area contributed by atoms with Crippen molar-refractivity contribution < 1.29 is 15.0 Å². The predicted molar refractivity (Wildman–Crippen MR) is 71.2 cm³/mol. The van der Waals surface area contributed by atoms with Gasteiger partial charge in [0.15, 0.2) is 0 Å². The maximum atomic E-state index is 11.9. The summed E-state index contributed by atoms with van der Waals surface area (Å²) in [7, 11) is 0. The summed E-state index contributed by atoms with van der Waals surface area (Å²) in [6.45, 7) is 3.72. The van der Waals surface area contributed by atoms with Gasteiger partial charge in [0.2, 0.25) is 5.91 Å². The fraction of sp³-hybridized carbons (Fsp3) is 0.929. The van der Waals surface area contributed by atoms with E-state index in [-0.39, 0.29) is 19.1 Å². The molecule has 0 aromatic carbocycles. The van der Waals surface area contributed by atoms with Gasteiger partial charge in [0.05, 0.1) is 13.2 Å². The summed E-state index contributed by atoms with van der Waals surface area (Å²) in [5.74, 6) is 0.268. The molecule has 0 unspecified atom stereocenters. The molecule has 106 valence electrons. The lowest BCUT2D eigenvalue weighted by atomic mass is 9.86. The molecule has 0 aliphatic carbocycles. The van der Waals surface area contributed by atoms with Crippen LogP contribution in [0.4, 0.5) is 0 Å². The number of hydrogen-bond donors (Lipinski definition) is 2. The first-order chi connectivity index (χ1) is 8.61. The van der Waals surface area contributed by atoms with Crippen LogP contribution >= 0.6 is 0 Å². The third-order valence-corrected chi connectivity index (χ3v) is 3.89. The molecule has 1 amide bonds. The summed E-state index contributed by atoms with van der Waals surface area (Å²) >= 11 is 0. The quantitative estimate of drug-likeness (QED) is 0.680. The van der Waals surface area contributed by atoms with Gasteiger partial charge in [0, 0.05) is 24.9 Å². The van der Waals surface area contributed by atoms with Crippen molar-refractivity contribution in [2.24, 2.45) is 5.41 Å². The van der Waals surface area contributed by atoms with E-state index in [1.807, 2.05) is 11.8 Å². The zero-order valence-electron chi connectivity index (χ0n) is 11.5. The summed E-state index contributed by atoms with van der Waals surface area (Å²) in [5.41, 5.74) is -0.395. The molecule has 0 radical (unpaired) electrons. The molecule has 0 aromatic heterocycles. The highest BCUT2D eigenvalue weighted by molar-refractivity contribution is 5.76. The monoisotopic (exact) mass is 257 g/mol. The molecule has 0 saturated carbocycles. The zero-order chi connectivity index (χ0) is 13.4. The number of aliphatic hydroxyl groups excluding tert-OH is 2. The Hall–Kier alpha value is -0.610. The Kier molecular flexibility index (Phi) is 6.65. The van der Waals surface area contributed by atoms with Crippen molar-refractivity contribution in [3.8, 4) is 0 Å².